The molecule has 0 aliphatic rings. The van der Waals surface area contributed by atoms with Crippen LogP contribution in [-0.4, -0.2) is 29.8 Å². The number of ether oxygens (including phenoxy) is 1. The molecule has 0 unspecified atom stereocenters. The van der Waals surface area contributed by atoms with Gasteiger partial charge in [0.1, 0.15) is 18.2 Å². The topological polar surface area (TPSA) is 72.7 Å². The fourth-order valence-corrected chi connectivity index (χ4v) is 1.65. The van der Waals surface area contributed by atoms with Gasteiger partial charge in [0.05, 0.1) is 0 Å². The quantitative estimate of drug-likeness (QED) is 0.246. The van der Waals surface area contributed by atoms with Crippen molar-refractivity contribution in [2.75, 3.05) is 6.61 Å². The standard InChI is InChI=1S/C17H19N3O3.C2H6/c1-4-16(11-15-7-9-20(13-22)14(15)3)23-10-6-8-18-17(5-2)19-12-21;1-2/h4-9,11-13H,1-2,10H2,3H3,(H,18,19,21);1-2H3/b8-6-,16-11+;. The predicted molar refractivity (Wildman–Crippen MR) is 103 cm³/mol. The van der Waals surface area contributed by atoms with Gasteiger partial charge in [-0.3, -0.25) is 14.2 Å². The second kappa shape index (κ2) is 13.3. The molecule has 0 atom stereocenters. The Hall–Kier alpha value is -3.15. The number of allylic oxidation sites excluding steroid dienone is 1. The van der Waals surface area contributed by atoms with Crippen molar-refractivity contribution in [3.8, 4) is 0 Å². The maximum atomic E-state index is 10.8. The first-order valence-corrected chi connectivity index (χ1v) is 7.81. The summed E-state index contributed by atoms with van der Waals surface area (Å²) in [6.45, 7) is 13.3. The van der Waals surface area contributed by atoms with Gasteiger partial charge in [-0.05, 0) is 42.9 Å². The molecule has 1 rings (SSSR count). The van der Waals surface area contributed by atoms with E-state index >= 15 is 0 Å². The van der Waals surface area contributed by atoms with Gasteiger partial charge in [-0.1, -0.05) is 27.0 Å². The molecule has 1 aromatic heterocycles. The molecule has 25 heavy (non-hydrogen) atoms. The number of aliphatic imine (C=N–C) groups is 1. The van der Waals surface area contributed by atoms with E-state index < -0.39 is 0 Å². The SMILES string of the molecule is C=CC(=N/C=C\CO/C(C=C)=C/c1ccn(C=O)c1C)NC=O.CC. The molecule has 0 saturated carbocycles. The number of nitrogens with zero attached hydrogens (tertiary/aromatic N) is 2. The normalized spacial score (nSPS) is 11.3. The lowest BCUT2D eigenvalue weighted by Crippen LogP contribution is -2.18. The van der Waals surface area contributed by atoms with Crippen molar-refractivity contribution in [1.82, 2.24) is 9.88 Å². The number of nitrogens with one attached hydrogen (secondary N) is 1. The van der Waals surface area contributed by atoms with Crippen molar-refractivity contribution < 1.29 is 14.3 Å². The minimum absolute atomic E-state index is 0.278. The van der Waals surface area contributed by atoms with Crippen molar-refractivity contribution in [3.05, 3.63) is 66.9 Å². The molecule has 0 radical (unpaired) electrons. The fourth-order valence-electron chi connectivity index (χ4n) is 1.65. The number of carbonyl (C=O) groups is 2. The van der Waals surface area contributed by atoms with E-state index in [9.17, 15) is 9.59 Å². The van der Waals surface area contributed by atoms with Gasteiger partial charge >= 0.3 is 0 Å². The Bertz CT molecular complexity index is 667. The van der Waals surface area contributed by atoms with Gasteiger partial charge in [-0.2, -0.15) is 0 Å². The predicted octanol–water partition coefficient (Wildman–Crippen LogP) is 3.25. The monoisotopic (exact) mass is 343 g/mol. The molecule has 0 aliphatic heterocycles. The van der Waals surface area contributed by atoms with E-state index in [2.05, 4.69) is 23.5 Å². The number of aromatic nitrogens is 1. The summed E-state index contributed by atoms with van der Waals surface area (Å²) in [6, 6.07) is 1.82. The van der Waals surface area contributed by atoms with Crippen LogP contribution in [0.25, 0.3) is 6.08 Å². The molecule has 0 bridgehead atoms. The molecule has 0 aromatic carbocycles. The molecule has 1 N–H and O–H groups in total. The van der Waals surface area contributed by atoms with Crippen LogP contribution in [-0.2, 0) is 14.3 Å². The molecule has 0 saturated heterocycles. The van der Waals surface area contributed by atoms with E-state index in [1.165, 1.54) is 16.8 Å². The summed E-state index contributed by atoms with van der Waals surface area (Å²) >= 11 is 0. The molecule has 1 amide bonds. The van der Waals surface area contributed by atoms with Crippen LogP contribution in [0.3, 0.4) is 0 Å². The minimum atomic E-state index is 0.278. The van der Waals surface area contributed by atoms with Crippen LogP contribution in [0.5, 0.6) is 0 Å². The van der Waals surface area contributed by atoms with Crippen LogP contribution < -0.4 is 5.32 Å². The van der Waals surface area contributed by atoms with Crippen molar-refractivity contribution in [3.63, 3.8) is 0 Å². The largest absolute Gasteiger partial charge is 0.489 e. The zero-order valence-electron chi connectivity index (χ0n) is 14.9. The number of hydrogen-bond acceptors (Lipinski definition) is 4. The maximum absolute atomic E-state index is 10.8. The van der Waals surface area contributed by atoms with E-state index in [-0.39, 0.29) is 6.61 Å². The molecule has 134 valence electrons. The van der Waals surface area contributed by atoms with Crippen LogP contribution in [0.4, 0.5) is 0 Å². The van der Waals surface area contributed by atoms with Gasteiger partial charge in [0.2, 0.25) is 12.8 Å². The molecule has 0 aliphatic carbocycles. The molecule has 1 heterocycles. The van der Waals surface area contributed by atoms with Crippen LogP contribution in [0, 0.1) is 6.92 Å². The first-order chi connectivity index (χ1) is 12.2. The lowest BCUT2D eigenvalue weighted by molar-refractivity contribution is -0.108. The van der Waals surface area contributed by atoms with E-state index in [0.29, 0.717) is 18.0 Å². The molecule has 6 nitrogen and oxygen atoms in total. The molecule has 6 heteroatoms. The minimum Gasteiger partial charge on any atom is -0.489 e. The highest BCUT2D eigenvalue weighted by Gasteiger charge is 2.02. The Balaban J connectivity index is 0.00000277. The third-order valence-corrected chi connectivity index (χ3v) is 2.90. The average Bonchev–Trinajstić information content (AvgIpc) is 3.00. The van der Waals surface area contributed by atoms with E-state index in [1.54, 1.807) is 24.4 Å². The molecular weight excluding hydrogens is 318 g/mol. The molecular formula is C19H25N3O3. The lowest BCUT2D eigenvalue weighted by atomic mass is 10.2. The van der Waals surface area contributed by atoms with E-state index in [4.69, 9.17) is 4.74 Å². The number of amides is 1. The molecule has 1 aromatic rings. The third kappa shape index (κ3) is 7.78. The first-order valence-electron chi connectivity index (χ1n) is 7.81. The zero-order valence-corrected chi connectivity index (χ0v) is 14.9. The summed E-state index contributed by atoms with van der Waals surface area (Å²) in [7, 11) is 0. The lowest BCUT2D eigenvalue weighted by Gasteiger charge is -2.04. The van der Waals surface area contributed by atoms with Gasteiger partial charge < -0.3 is 10.1 Å². The summed E-state index contributed by atoms with van der Waals surface area (Å²) in [5, 5.41) is 2.39. The Morgan fingerprint density at radius 1 is 1.32 bits per heavy atom. The Morgan fingerprint density at radius 3 is 2.56 bits per heavy atom. The summed E-state index contributed by atoms with van der Waals surface area (Å²) in [5.74, 6) is 0.918. The number of hydrogen-bond donors (Lipinski definition) is 1. The van der Waals surface area contributed by atoms with Crippen molar-refractivity contribution in [2.45, 2.75) is 20.8 Å². The summed E-state index contributed by atoms with van der Waals surface area (Å²) in [6.07, 6.45) is 10.9. The Morgan fingerprint density at radius 2 is 2.04 bits per heavy atom. The van der Waals surface area contributed by atoms with Crippen LogP contribution in [0.15, 0.2) is 60.6 Å². The maximum Gasteiger partial charge on any atom is 0.217 e. The Kier molecular flexibility index (Phi) is 11.6. The second-order valence-electron chi connectivity index (χ2n) is 4.30. The highest BCUT2D eigenvalue weighted by Crippen LogP contribution is 2.14. The van der Waals surface area contributed by atoms with Crippen LogP contribution in [0.1, 0.15) is 25.1 Å². The molecule has 0 spiro atoms. The van der Waals surface area contributed by atoms with Crippen molar-refractivity contribution in [1.29, 1.82) is 0 Å². The zero-order chi connectivity index (χ0) is 19.1. The smallest absolute Gasteiger partial charge is 0.217 e. The number of amidine groups is 1. The highest BCUT2D eigenvalue weighted by molar-refractivity contribution is 5.98. The second-order valence-corrected chi connectivity index (χ2v) is 4.30. The van der Waals surface area contributed by atoms with Crippen molar-refractivity contribution >= 4 is 24.7 Å². The highest BCUT2D eigenvalue weighted by atomic mass is 16.5. The number of carbonyl (C=O) groups excluding carboxylic acids is 2. The summed E-state index contributed by atoms with van der Waals surface area (Å²) < 4.78 is 7.03. The van der Waals surface area contributed by atoms with Crippen molar-refractivity contribution in [2.24, 2.45) is 4.99 Å². The van der Waals surface area contributed by atoms with Gasteiger partial charge in [0.15, 0.2) is 0 Å². The summed E-state index contributed by atoms with van der Waals surface area (Å²) in [4.78, 5) is 25.1. The third-order valence-electron chi connectivity index (χ3n) is 2.90. The Labute approximate surface area is 148 Å². The van der Waals surface area contributed by atoms with E-state index in [0.717, 1.165) is 17.7 Å². The van der Waals surface area contributed by atoms with Crippen LogP contribution >= 0.6 is 0 Å². The van der Waals surface area contributed by atoms with Gasteiger partial charge in [-0.15, -0.1) is 0 Å². The fraction of sp³-hybridized carbons (Fsp3) is 0.211. The molecule has 0 fully saturated rings. The van der Waals surface area contributed by atoms with Gasteiger partial charge in [-0.25, -0.2) is 4.99 Å². The number of rotatable bonds is 9. The van der Waals surface area contributed by atoms with Crippen LogP contribution in [0.2, 0.25) is 0 Å². The summed E-state index contributed by atoms with van der Waals surface area (Å²) in [5.41, 5.74) is 1.69. The van der Waals surface area contributed by atoms with Gasteiger partial charge in [0, 0.05) is 18.1 Å². The first kappa shape index (κ1) is 21.9. The average molecular weight is 343 g/mol. The van der Waals surface area contributed by atoms with Gasteiger partial charge in [0.25, 0.3) is 0 Å². The van der Waals surface area contributed by atoms with E-state index in [1.807, 2.05) is 26.8 Å².